The number of hydrogen-bond acceptors (Lipinski definition) is 4. The highest BCUT2D eigenvalue weighted by molar-refractivity contribution is 5.24. The Morgan fingerprint density at radius 3 is 2.82 bits per heavy atom. The van der Waals surface area contributed by atoms with Crippen molar-refractivity contribution in [1.29, 1.82) is 0 Å². The van der Waals surface area contributed by atoms with E-state index in [0.717, 1.165) is 18.7 Å². The third-order valence-electron chi connectivity index (χ3n) is 1.39. The fourth-order valence-corrected chi connectivity index (χ4v) is 0.784. The zero-order valence-corrected chi connectivity index (χ0v) is 6.87. The van der Waals surface area contributed by atoms with Crippen LogP contribution in [-0.2, 0) is 6.42 Å². The van der Waals surface area contributed by atoms with E-state index in [4.69, 9.17) is 10.3 Å². The van der Waals surface area contributed by atoms with E-state index in [2.05, 4.69) is 10.1 Å². The second-order valence-corrected chi connectivity index (χ2v) is 2.77. The number of anilines is 1. The summed E-state index contributed by atoms with van der Waals surface area (Å²) in [4.78, 5) is 2.09. The largest absolute Gasteiger partial charge is 0.368 e. The van der Waals surface area contributed by atoms with E-state index in [9.17, 15) is 0 Å². The number of nitrogen functional groups attached to an aromatic ring is 1. The number of likely N-dealkylation sites (N-methyl/N-ethyl adjacent to an activating group) is 1. The zero-order valence-electron chi connectivity index (χ0n) is 6.87. The number of aromatic nitrogens is 1. The van der Waals surface area contributed by atoms with Gasteiger partial charge < -0.3 is 15.2 Å². The normalized spacial score (nSPS) is 10.8. The quantitative estimate of drug-likeness (QED) is 0.684. The Morgan fingerprint density at radius 1 is 1.64 bits per heavy atom. The van der Waals surface area contributed by atoms with Crippen molar-refractivity contribution >= 4 is 5.88 Å². The Balaban J connectivity index is 2.39. The lowest BCUT2D eigenvalue weighted by Crippen LogP contribution is -2.15. The van der Waals surface area contributed by atoms with E-state index in [1.54, 1.807) is 6.07 Å². The molecule has 0 aromatic carbocycles. The van der Waals surface area contributed by atoms with Crippen LogP contribution in [-0.4, -0.2) is 30.7 Å². The molecule has 2 N–H and O–H groups in total. The molecular formula is C7H13N3O. The zero-order chi connectivity index (χ0) is 8.27. The van der Waals surface area contributed by atoms with Crippen LogP contribution in [0.3, 0.4) is 0 Å². The van der Waals surface area contributed by atoms with Crippen molar-refractivity contribution in [3.05, 3.63) is 11.8 Å². The van der Waals surface area contributed by atoms with Gasteiger partial charge >= 0.3 is 0 Å². The molecule has 0 saturated carbocycles. The lowest BCUT2D eigenvalue weighted by atomic mass is 10.3. The standard InChI is InChI=1S/C7H13N3O/c1-10(2)4-3-6-5-7(8)11-9-6/h5H,3-4,8H2,1-2H3. The Labute approximate surface area is 66.0 Å². The van der Waals surface area contributed by atoms with Gasteiger partial charge in [0, 0.05) is 19.0 Å². The van der Waals surface area contributed by atoms with E-state index in [1.165, 1.54) is 0 Å². The smallest absolute Gasteiger partial charge is 0.222 e. The van der Waals surface area contributed by atoms with E-state index in [-0.39, 0.29) is 0 Å². The van der Waals surface area contributed by atoms with Crippen LogP contribution in [0.2, 0.25) is 0 Å². The van der Waals surface area contributed by atoms with Gasteiger partial charge in [-0.2, -0.15) is 0 Å². The highest BCUT2D eigenvalue weighted by Gasteiger charge is 2.00. The lowest BCUT2D eigenvalue weighted by Gasteiger charge is -2.05. The highest BCUT2D eigenvalue weighted by atomic mass is 16.5. The van der Waals surface area contributed by atoms with E-state index in [1.807, 2.05) is 14.1 Å². The van der Waals surface area contributed by atoms with Gasteiger partial charge in [0.2, 0.25) is 5.88 Å². The van der Waals surface area contributed by atoms with Crippen LogP contribution in [0.5, 0.6) is 0 Å². The molecule has 0 aliphatic rings. The van der Waals surface area contributed by atoms with Gasteiger partial charge in [-0.05, 0) is 14.1 Å². The summed E-state index contributed by atoms with van der Waals surface area (Å²) in [5.74, 6) is 0.388. The molecule has 1 rings (SSSR count). The molecular weight excluding hydrogens is 142 g/mol. The molecule has 62 valence electrons. The first-order chi connectivity index (χ1) is 5.18. The maximum absolute atomic E-state index is 5.34. The molecule has 0 aliphatic carbocycles. The minimum atomic E-state index is 0.388. The molecule has 0 saturated heterocycles. The van der Waals surface area contributed by atoms with Gasteiger partial charge in [-0.25, -0.2) is 0 Å². The molecule has 0 bridgehead atoms. The van der Waals surface area contributed by atoms with Crippen LogP contribution in [0.25, 0.3) is 0 Å². The minimum Gasteiger partial charge on any atom is -0.368 e. The maximum Gasteiger partial charge on any atom is 0.222 e. The minimum absolute atomic E-state index is 0.388. The molecule has 1 heterocycles. The van der Waals surface area contributed by atoms with Gasteiger partial charge in [0.25, 0.3) is 0 Å². The second kappa shape index (κ2) is 3.39. The van der Waals surface area contributed by atoms with Crippen molar-refractivity contribution in [1.82, 2.24) is 10.1 Å². The Hall–Kier alpha value is -1.03. The third kappa shape index (κ3) is 2.59. The summed E-state index contributed by atoms with van der Waals surface area (Å²) in [6.07, 6.45) is 0.883. The van der Waals surface area contributed by atoms with Crippen molar-refractivity contribution in [2.24, 2.45) is 0 Å². The first-order valence-electron chi connectivity index (χ1n) is 3.54. The molecule has 11 heavy (non-hydrogen) atoms. The summed E-state index contributed by atoms with van der Waals surface area (Å²) in [6, 6.07) is 1.75. The molecule has 0 aliphatic heterocycles. The molecule has 0 amide bonds. The van der Waals surface area contributed by atoms with E-state index >= 15 is 0 Å². The van der Waals surface area contributed by atoms with Crippen molar-refractivity contribution in [2.45, 2.75) is 6.42 Å². The highest BCUT2D eigenvalue weighted by Crippen LogP contribution is 2.04. The average molecular weight is 155 g/mol. The average Bonchev–Trinajstić information content (AvgIpc) is 2.31. The van der Waals surface area contributed by atoms with Crippen molar-refractivity contribution in [3.63, 3.8) is 0 Å². The molecule has 4 heteroatoms. The summed E-state index contributed by atoms with van der Waals surface area (Å²) in [5.41, 5.74) is 6.26. The van der Waals surface area contributed by atoms with Crippen LogP contribution >= 0.6 is 0 Å². The number of rotatable bonds is 3. The van der Waals surface area contributed by atoms with Gasteiger partial charge in [0.15, 0.2) is 0 Å². The fraction of sp³-hybridized carbons (Fsp3) is 0.571. The van der Waals surface area contributed by atoms with Crippen LogP contribution < -0.4 is 5.73 Å². The van der Waals surface area contributed by atoms with Crippen molar-refractivity contribution < 1.29 is 4.52 Å². The monoisotopic (exact) mass is 155 g/mol. The Kier molecular flexibility index (Phi) is 2.48. The maximum atomic E-state index is 5.34. The van der Waals surface area contributed by atoms with Gasteiger partial charge in [-0.1, -0.05) is 5.16 Å². The van der Waals surface area contributed by atoms with Crippen molar-refractivity contribution in [3.8, 4) is 0 Å². The van der Waals surface area contributed by atoms with Gasteiger partial charge in [0.1, 0.15) is 0 Å². The number of nitrogens with zero attached hydrogens (tertiary/aromatic N) is 2. The van der Waals surface area contributed by atoms with Crippen LogP contribution in [0.4, 0.5) is 5.88 Å². The summed E-state index contributed by atoms with van der Waals surface area (Å²) in [6.45, 7) is 0.964. The molecule has 4 nitrogen and oxygen atoms in total. The Bertz CT molecular complexity index is 219. The molecule has 0 atom stereocenters. The predicted molar refractivity (Wildman–Crippen MR) is 43.2 cm³/mol. The second-order valence-electron chi connectivity index (χ2n) is 2.77. The number of hydrogen-bond donors (Lipinski definition) is 1. The van der Waals surface area contributed by atoms with Crippen LogP contribution in [0.1, 0.15) is 5.69 Å². The third-order valence-corrected chi connectivity index (χ3v) is 1.39. The number of nitrogens with two attached hydrogens (primary N) is 1. The van der Waals surface area contributed by atoms with Gasteiger partial charge in [0.05, 0.1) is 5.69 Å². The molecule has 0 radical (unpaired) electrons. The van der Waals surface area contributed by atoms with Crippen molar-refractivity contribution in [2.75, 3.05) is 26.4 Å². The topological polar surface area (TPSA) is 55.3 Å². The molecule has 1 aromatic rings. The summed E-state index contributed by atoms with van der Waals surface area (Å²) < 4.78 is 4.71. The molecule has 1 aromatic heterocycles. The fourth-order valence-electron chi connectivity index (χ4n) is 0.784. The van der Waals surface area contributed by atoms with Gasteiger partial charge in [-0.15, -0.1) is 0 Å². The van der Waals surface area contributed by atoms with Crippen LogP contribution in [0, 0.1) is 0 Å². The summed E-state index contributed by atoms with van der Waals surface area (Å²) in [5, 5.41) is 3.76. The SMILES string of the molecule is CN(C)CCc1cc(N)on1. The predicted octanol–water partition coefficient (Wildman–Crippen LogP) is 0.361. The Morgan fingerprint density at radius 2 is 2.36 bits per heavy atom. The van der Waals surface area contributed by atoms with E-state index in [0.29, 0.717) is 5.88 Å². The first kappa shape index (κ1) is 8.07. The summed E-state index contributed by atoms with van der Waals surface area (Å²) >= 11 is 0. The molecule has 0 spiro atoms. The first-order valence-corrected chi connectivity index (χ1v) is 3.54. The molecule has 0 unspecified atom stereocenters. The molecule has 0 fully saturated rings. The van der Waals surface area contributed by atoms with Gasteiger partial charge in [-0.3, -0.25) is 0 Å². The van der Waals surface area contributed by atoms with Crippen LogP contribution in [0.15, 0.2) is 10.6 Å². The lowest BCUT2D eigenvalue weighted by molar-refractivity contribution is 0.394. The van der Waals surface area contributed by atoms with E-state index < -0.39 is 0 Å². The summed E-state index contributed by atoms with van der Waals surface area (Å²) in [7, 11) is 4.03.